The predicted molar refractivity (Wildman–Crippen MR) is 83.3 cm³/mol. The Morgan fingerprint density at radius 1 is 1.33 bits per heavy atom. The van der Waals surface area contributed by atoms with E-state index < -0.39 is 5.54 Å². The minimum atomic E-state index is -0.537. The molecule has 1 aromatic carbocycles. The molecule has 1 heterocycles. The van der Waals surface area contributed by atoms with E-state index in [9.17, 15) is 5.11 Å². The average molecular weight is 293 g/mol. The Morgan fingerprint density at radius 3 is 2.76 bits per heavy atom. The number of likely N-dealkylation sites (N-methyl/N-ethyl adjacent to an activating group) is 1. The second-order valence-corrected chi connectivity index (χ2v) is 5.64. The number of ether oxygens (including phenoxy) is 2. The fourth-order valence-corrected chi connectivity index (χ4v) is 2.83. The number of nitrogens with one attached hydrogen (secondary N) is 1. The zero-order valence-corrected chi connectivity index (χ0v) is 12.9. The first-order chi connectivity index (χ1) is 10.3. The third-order valence-electron chi connectivity index (χ3n) is 4.04. The van der Waals surface area contributed by atoms with Gasteiger partial charge in [-0.1, -0.05) is 37.3 Å². The quantitative estimate of drug-likeness (QED) is 0.770. The highest BCUT2D eigenvalue weighted by molar-refractivity contribution is 5.25. The van der Waals surface area contributed by atoms with Crippen molar-refractivity contribution < 1.29 is 14.6 Å². The monoisotopic (exact) mass is 293 g/mol. The molecule has 0 radical (unpaired) electrons. The summed E-state index contributed by atoms with van der Waals surface area (Å²) in [5.74, 6) is 0. The fraction of sp³-hybridized carbons (Fsp3) is 0.647. The van der Waals surface area contributed by atoms with Crippen LogP contribution in [0, 0.1) is 0 Å². The van der Waals surface area contributed by atoms with Gasteiger partial charge in [0.15, 0.2) is 0 Å². The van der Waals surface area contributed by atoms with Crippen LogP contribution in [0.1, 0.15) is 31.7 Å². The Labute approximate surface area is 127 Å². The van der Waals surface area contributed by atoms with Crippen LogP contribution in [-0.4, -0.2) is 44.2 Å². The van der Waals surface area contributed by atoms with Crippen LogP contribution in [0.5, 0.6) is 0 Å². The van der Waals surface area contributed by atoms with E-state index in [0.29, 0.717) is 13.2 Å². The van der Waals surface area contributed by atoms with Gasteiger partial charge >= 0.3 is 0 Å². The van der Waals surface area contributed by atoms with Crippen LogP contribution in [0.25, 0.3) is 0 Å². The van der Waals surface area contributed by atoms with Gasteiger partial charge in [0.25, 0.3) is 0 Å². The Hall–Kier alpha value is -0.940. The Bertz CT molecular complexity index is 392. The maximum atomic E-state index is 9.92. The van der Waals surface area contributed by atoms with E-state index >= 15 is 0 Å². The Kier molecular flexibility index (Phi) is 6.64. The first-order valence-corrected chi connectivity index (χ1v) is 7.91. The van der Waals surface area contributed by atoms with Crippen LogP contribution in [-0.2, 0) is 15.0 Å². The van der Waals surface area contributed by atoms with Crippen LogP contribution in [0.3, 0.4) is 0 Å². The molecule has 1 aliphatic rings. The lowest BCUT2D eigenvalue weighted by Crippen LogP contribution is -2.49. The Balaban J connectivity index is 1.95. The Morgan fingerprint density at radius 2 is 2.14 bits per heavy atom. The third-order valence-corrected chi connectivity index (χ3v) is 4.04. The molecule has 1 fully saturated rings. The highest BCUT2D eigenvalue weighted by Crippen LogP contribution is 2.22. The number of hydrogen-bond donors (Lipinski definition) is 2. The summed E-state index contributed by atoms with van der Waals surface area (Å²) in [7, 11) is 0. The predicted octanol–water partition coefficient (Wildman–Crippen LogP) is 2.07. The van der Waals surface area contributed by atoms with Crippen molar-refractivity contribution in [2.75, 3.05) is 33.0 Å². The van der Waals surface area contributed by atoms with Crippen molar-refractivity contribution >= 4 is 0 Å². The second kappa shape index (κ2) is 8.49. The molecule has 0 amide bonds. The van der Waals surface area contributed by atoms with Gasteiger partial charge in [-0.25, -0.2) is 0 Å². The summed E-state index contributed by atoms with van der Waals surface area (Å²) >= 11 is 0. The van der Waals surface area contributed by atoms with E-state index in [4.69, 9.17) is 9.47 Å². The first kappa shape index (κ1) is 16.4. The molecule has 2 atom stereocenters. The summed E-state index contributed by atoms with van der Waals surface area (Å²) in [6, 6.07) is 10.0. The van der Waals surface area contributed by atoms with Crippen LogP contribution < -0.4 is 5.32 Å². The van der Waals surface area contributed by atoms with Gasteiger partial charge in [-0.05, 0) is 31.4 Å². The highest BCUT2D eigenvalue weighted by Gasteiger charge is 2.31. The second-order valence-electron chi connectivity index (χ2n) is 5.64. The lowest BCUT2D eigenvalue weighted by atomic mass is 9.91. The van der Waals surface area contributed by atoms with E-state index in [2.05, 4.69) is 5.32 Å². The molecule has 2 unspecified atom stereocenters. The first-order valence-electron chi connectivity index (χ1n) is 7.91. The molecule has 0 saturated carbocycles. The molecule has 0 aromatic heterocycles. The molecular formula is C17H27NO3. The summed E-state index contributed by atoms with van der Waals surface area (Å²) in [6.07, 6.45) is 3.63. The highest BCUT2D eigenvalue weighted by atomic mass is 16.5. The molecule has 2 N–H and O–H groups in total. The topological polar surface area (TPSA) is 50.7 Å². The van der Waals surface area contributed by atoms with Gasteiger partial charge in [0.05, 0.1) is 31.5 Å². The molecule has 0 bridgehead atoms. The number of benzene rings is 1. The van der Waals surface area contributed by atoms with Gasteiger partial charge in [0.2, 0.25) is 0 Å². The molecule has 21 heavy (non-hydrogen) atoms. The molecule has 1 saturated heterocycles. The molecule has 1 aliphatic heterocycles. The van der Waals surface area contributed by atoms with Crippen molar-refractivity contribution in [1.29, 1.82) is 0 Å². The number of hydrogen-bond acceptors (Lipinski definition) is 4. The SMILES string of the molecule is CCNC(CO)(COCC1CCCCO1)c1ccccc1. The van der Waals surface area contributed by atoms with Crippen molar-refractivity contribution in [3.8, 4) is 0 Å². The lowest BCUT2D eigenvalue weighted by molar-refractivity contribution is -0.0581. The van der Waals surface area contributed by atoms with E-state index in [1.54, 1.807) is 0 Å². The third kappa shape index (κ3) is 4.51. The molecule has 0 spiro atoms. The van der Waals surface area contributed by atoms with Crippen LogP contribution in [0.2, 0.25) is 0 Å². The van der Waals surface area contributed by atoms with Crippen LogP contribution >= 0.6 is 0 Å². The molecule has 118 valence electrons. The van der Waals surface area contributed by atoms with Gasteiger partial charge in [0, 0.05) is 6.61 Å². The van der Waals surface area contributed by atoms with Crippen LogP contribution in [0.4, 0.5) is 0 Å². The lowest BCUT2D eigenvalue weighted by Gasteiger charge is -2.34. The number of aliphatic hydroxyl groups excluding tert-OH is 1. The molecular weight excluding hydrogens is 266 g/mol. The van der Waals surface area contributed by atoms with Gasteiger partial charge in [-0.3, -0.25) is 0 Å². The van der Waals surface area contributed by atoms with Crippen molar-refractivity contribution in [1.82, 2.24) is 5.32 Å². The minimum absolute atomic E-state index is 0.0103. The standard InChI is InChI=1S/C17H27NO3/c1-2-18-17(13-19,15-8-4-3-5-9-15)14-20-12-16-10-6-7-11-21-16/h3-5,8-9,16,18-19H,2,6-7,10-14H2,1H3. The largest absolute Gasteiger partial charge is 0.394 e. The zero-order valence-electron chi connectivity index (χ0n) is 12.9. The van der Waals surface area contributed by atoms with E-state index in [-0.39, 0.29) is 12.7 Å². The van der Waals surface area contributed by atoms with Gasteiger partial charge in [0.1, 0.15) is 0 Å². The summed E-state index contributed by atoms with van der Waals surface area (Å²) in [5, 5.41) is 13.3. The summed E-state index contributed by atoms with van der Waals surface area (Å²) in [6.45, 7) is 4.71. The molecule has 4 heteroatoms. The smallest absolute Gasteiger partial charge is 0.0905 e. The maximum Gasteiger partial charge on any atom is 0.0905 e. The summed E-state index contributed by atoms with van der Waals surface area (Å²) < 4.78 is 11.6. The van der Waals surface area contributed by atoms with Gasteiger partial charge < -0.3 is 19.9 Å². The van der Waals surface area contributed by atoms with Crippen molar-refractivity contribution in [3.63, 3.8) is 0 Å². The molecule has 4 nitrogen and oxygen atoms in total. The minimum Gasteiger partial charge on any atom is -0.394 e. The van der Waals surface area contributed by atoms with E-state index in [1.165, 1.54) is 6.42 Å². The molecule has 2 rings (SSSR count). The van der Waals surface area contributed by atoms with E-state index in [0.717, 1.165) is 31.6 Å². The van der Waals surface area contributed by atoms with E-state index in [1.807, 2.05) is 37.3 Å². The normalized spacial score (nSPS) is 21.9. The summed E-state index contributed by atoms with van der Waals surface area (Å²) in [5.41, 5.74) is 0.518. The average Bonchev–Trinajstić information content (AvgIpc) is 2.56. The number of rotatable bonds is 8. The maximum absolute atomic E-state index is 9.92. The number of aliphatic hydroxyl groups is 1. The zero-order chi connectivity index (χ0) is 15.0. The van der Waals surface area contributed by atoms with Gasteiger partial charge in [-0.2, -0.15) is 0 Å². The van der Waals surface area contributed by atoms with Gasteiger partial charge in [-0.15, -0.1) is 0 Å². The van der Waals surface area contributed by atoms with Crippen LogP contribution in [0.15, 0.2) is 30.3 Å². The fourth-order valence-electron chi connectivity index (χ4n) is 2.83. The molecule has 1 aromatic rings. The summed E-state index contributed by atoms with van der Waals surface area (Å²) in [4.78, 5) is 0. The molecule has 0 aliphatic carbocycles. The van der Waals surface area contributed by atoms with Crippen molar-refractivity contribution in [3.05, 3.63) is 35.9 Å². The van der Waals surface area contributed by atoms with Crippen molar-refractivity contribution in [2.45, 2.75) is 37.8 Å². The van der Waals surface area contributed by atoms with Crippen molar-refractivity contribution in [2.24, 2.45) is 0 Å².